The number of benzene rings is 1. The molecule has 1 aliphatic heterocycles. The van der Waals surface area contributed by atoms with Crippen molar-refractivity contribution in [2.24, 2.45) is 0 Å². The largest absolute Gasteiger partial charge is 0.376 e. The van der Waals surface area contributed by atoms with Crippen LogP contribution in [0, 0.1) is 0 Å². The van der Waals surface area contributed by atoms with Gasteiger partial charge in [-0.05, 0) is 43.5 Å². The number of nitrogens with zero attached hydrogens (tertiary/aromatic N) is 2. The van der Waals surface area contributed by atoms with Crippen LogP contribution in [0.5, 0.6) is 0 Å². The van der Waals surface area contributed by atoms with E-state index >= 15 is 0 Å². The summed E-state index contributed by atoms with van der Waals surface area (Å²) in [5.74, 6) is 0. The molecule has 1 fully saturated rings. The van der Waals surface area contributed by atoms with Crippen molar-refractivity contribution in [1.82, 2.24) is 15.1 Å². The van der Waals surface area contributed by atoms with Gasteiger partial charge in [0.1, 0.15) is 0 Å². The highest BCUT2D eigenvalue weighted by Gasteiger charge is 2.23. The molecule has 1 aromatic carbocycles. The van der Waals surface area contributed by atoms with Gasteiger partial charge in [-0.25, -0.2) is 4.79 Å². The number of urea groups is 1. The maximum absolute atomic E-state index is 12.0. The summed E-state index contributed by atoms with van der Waals surface area (Å²) in [5.41, 5.74) is 1.90. The lowest BCUT2D eigenvalue weighted by Crippen LogP contribution is -2.42. The number of nitrogens with one attached hydrogen (secondary N) is 2. The predicted octanol–water partition coefficient (Wildman–Crippen LogP) is 2.62. The Kier molecular flexibility index (Phi) is 4.92. The van der Waals surface area contributed by atoms with Crippen LogP contribution in [-0.4, -0.2) is 34.6 Å². The minimum Gasteiger partial charge on any atom is -0.376 e. The average molecular weight is 314 g/mol. The minimum atomic E-state index is -0.201. The van der Waals surface area contributed by atoms with Gasteiger partial charge in [-0.1, -0.05) is 12.1 Å². The van der Waals surface area contributed by atoms with Crippen molar-refractivity contribution in [3.05, 3.63) is 48.3 Å². The minimum absolute atomic E-state index is 0.0107. The number of hydrogen-bond donors (Lipinski definition) is 2. The molecule has 3 rings (SSSR count). The molecule has 0 radical (unpaired) electrons. The van der Waals surface area contributed by atoms with Crippen LogP contribution in [0.25, 0.3) is 0 Å². The van der Waals surface area contributed by atoms with E-state index in [-0.39, 0.29) is 18.2 Å². The summed E-state index contributed by atoms with van der Waals surface area (Å²) < 4.78 is 7.44. The Morgan fingerprint density at radius 2 is 2.26 bits per heavy atom. The molecule has 2 amide bonds. The highest BCUT2D eigenvalue weighted by Crippen LogP contribution is 2.16. The fourth-order valence-corrected chi connectivity index (χ4v) is 2.74. The summed E-state index contributed by atoms with van der Waals surface area (Å²) in [6.45, 7) is 3.48. The molecule has 2 aromatic rings. The topological polar surface area (TPSA) is 68.2 Å². The summed E-state index contributed by atoms with van der Waals surface area (Å²) in [5, 5.41) is 9.96. The summed E-state index contributed by atoms with van der Waals surface area (Å²) in [6, 6.07) is 9.48. The van der Waals surface area contributed by atoms with E-state index in [1.807, 2.05) is 48.1 Å². The molecular formula is C17H22N4O2. The number of aromatic nitrogens is 2. The Bertz CT molecular complexity index is 619. The Hall–Kier alpha value is -2.34. The Morgan fingerprint density at radius 1 is 1.43 bits per heavy atom. The molecule has 23 heavy (non-hydrogen) atoms. The van der Waals surface area contributed by atoms with Crippen molar-refractivity contribution in [1.29, 1.82) is 0 Å². The third kappa shape index (κ3) is 4.32. The molecular weight excluding hydrogens is 292 g/mol. The second-order valence-electron chi connectivity index (χ2n) is 5.84. The van der Waals surface area contributed by atoms with Crippen molar-refractivity contribution in [3.63, 3.8) is 0 Å². The normalized spacial score (nSPS) is 18.6. The number of amides is 2. The van der Waals surface area contributed by atoms with Crippen molar-refractivity contribution in [2.75, 3.05) is 11.9 Å². The lowest BCUT2D eigenvalue weighted by Gasteiger charge is -2.20. The van der Waals surface area contributed by atoms with E-state index in [0.29, 0.717) is 0 Å². The zero-order valence-electron chi connectivity index (χ0n) is 13.2. The molecule has 122 valence electrons. The number of carbonyl (C=O) groups excluding carboxylic acids is 1. The van der Waals surface area contributed by atoms with Crippen molar-refractivity contribution < 1.29 is 9.53 Å². The molecule has 0 saturated carbocycles. The fraction of sp³-hybridized carbons (Fsp3) is 0.412. The molecule has 0 unspecified atom stereocenters. The van der Waals surface area contributed by atoms with Crippen LogP contribution in [0.2, 0.25) is 0 Å². The predicted molar refractivity (Wildman–Crippen MR) is 88.4 cm³/mol. The summed E-state index contributed by atoms with van der Waals surface area (Å²) in [7, 11) is 0. The first kappa shape index (κ1) is 15.6. The first-order valence-electron chi connectivity index (χ1n) is 7.96. The van der Waals surface area contributed by atoms with Crippen LogP contribution in [0.1, 0.15) is 25.3 Å². The molecule has 6 nitrogen and oxygen atoms in total. The number of anilines is 1. The van der Waals surface area contributed by atoms with Crippen LogP contribution >= 0.6 is 0 Å². The second kappa shape index (κ2) is 7.28. The summed E-state index contributed by atoms with van der Waals surface area (Å²) in [4.78, 5) is 12.0. The standard InChI is InChI=1S/C17H22N4O2/c1-13(16-4-2-11-23-16)19-17(22)20-15-7-5-14(6-8-15)12-21-10-3-9-18-21/h3,5-10,13,16H,2,4,11-12H2,1H3,(H2,19,20,22)/t13-,16-/m1/s1. The molecule has 1 saturated heterocycles. The maximum Gasteiger partial charge on any atom is 0.319 e. The van der Waals surface area contributed by atoms with Crippen molar-refractivity contribution in [3.8, 4) is 0 Å². The molecule has 2 N–H and O–H groups in total. The molecule has 0 aliphatic carbocycles. The van der Waals surface area contributed by atoms with Crippen LogP contribution in [0.3, 0.4) is 0 Å². The number of carbonyl (C=O) groups is 1. The third-order valence-electron chi connectivity index (χ3n) is 4.00. The molecule has 6 heteroatoms. The van der Waals surface area contributed by atoms with Gasteiger partial charge >= 0.3 is 6.03 Å². The number of ether oxygens (including phenoxy) is 1. The Balaban J connectivity index is 1.50. The Labute approximate surface area is 135 Å². The molecule has 2 heterocycles. The number of hydrogen-bond acceptors (Lipinski definition) is 3. The average Bonchev–Trinajstić information content (AvgIpc) is 3.22. The van der Waals surface area contributed by atoms with Crippen LogP contribution in [0.4, 0.5) is 10.5 Å². The van der Waals surface area contributed by atoms with E-state index in [9.17, 15) is 4.79 Å². The van der Waals surface area contributed by atoms with E-state index in [1.54, 1.807) is 6.20 Å². The zero-order valence-corrected chi connectivity index (χ0v) is 13.2. The van der Waals surface area contributed by atoms with Crippen molar-refractivity contribution in [2.45, 2.75) is 38.5 Å². The molecule has 2 atom stereocenters. The number of rotatable bonds is 5. The van der Waals surface area contributed by atoms with Gasteiger partial charge in [-0.15, -0.1) is 0 Å². The molecule has 0 bridgehead atoms. The smallest absolute Gasteiger partial charge is 0.319 e. The first-order valence-corrected chi connectivity index (χ1v) is 7.96. The van der Waals surface area contributed by atoms with Gasteiger partial charge in [-0.3, -0.25) is 4.68 Å². The third-order valence-corrected chi connectivity index (χ3v) is 4.00. The lowest BCUT2D eigenvalue weighted by atomic mass is 10.1. The zero-order chi connectivity index (χ0) is 16.1. The molecule has 0 spiro atoms. The Morgan fingerprint density at radius 3 is 2.91 bits per heavy atom. The molecule has 1 aliphatic rings. The van der Waals surface area contributed by atoms with Gasteiger partial charge in [0, 0.05) is 24.7 Å². The van der Waals surface area contributed by atoms with Gasteiger partial charge in [0.2, 0.25) is 0 Å². The second-order valence-corrected chi connectivity index (χ2v) is 5.84. The van der Waals surface area contributed by atoms with Gasteiger partial charge < -0.3 is 15.4 Å². The SMILES string of the molecule is C[C@@H](NC(=O)Nc1ccc(Cn2cccn2)cc1)[C@H]1CCCO1. The maximum atomic E-state index is 12.0. The monoisotopic (exact) mass is 314 g/mol. The fourth-order valence-electron chi connectivity index (χ4n) is 2.74. The van der Waals surface area contributed by atoms with Crippen LogP contribution in [-0.2, 0) is 11.3 Å². The van der Waals surface area contributed by atoms with E-state index < -0.39 is 0 Å². The van der Waals surface area contributed by atoms with E-state index in [0.717, 1.165) is 37.2 Å². The van der Waals surface area contributed by atoms with Gasteiger partial charge in [0.05, 0.1) is 18.7 Å². The van der Waals surface area contributed by atoms with Crippen LogP contribution in [0.15, 0.2) is 42.7 Å². The van der Waals surface area contributed by atoms with Gasteiger partial charge in [0.25, 0.3) is 0 Å². The van der Waals surface area contributed by atoms with E-state index in [2.05, 4.69) is 15.7 Å². The first-order chi connectivity index (χ1) is 11.2. The highest BCUT2D eigenvalue weighted by molar-refractivity contribution is 5.89. The highest BCUT2D eigenvalue weighted by atomic mass is 16.5. The van der Waals surface area contributed by atoms with Gasteiger partial charge in [0.15, 0.2) is 0 Å². The molecule has 1 aromatic heterocycles. The van der Waals surface area contributed by atoms with Crippen molar-refractivity contribution >= 4 is 11.7 Å². The van der Waals surface area contributed by atoms with E-state index in [1.165, 1.54) is 0 Å². The lowest BCUT2D eigenvalue weighted by molar-refractivity contribution is 0.0868. The van der Waals surface area contributed by atoms with Crippen LogP contribution < -0.4 is 10.6 Å². The summed E-state index contributed by atoms with van der Waals surface area (Å²) in [6.07, 6.45) is 5.87. The van der Waals surface area contributed by atoms with E-state index in [4.69, 9.17) is 4.74 Å². The summed E-state index contributed by atoms with van der Waals surface area (Å²) >= 11 is 0. The quantitative estimate of drug-likeness (QED) is 0.891. The van der Waals surface area contributed by atoms with Gasteiger partial charge in [-0.2, -0.15) is 5.10 Å².